The van der Waals surface area contributed by atoms with Gasteiger partial charge in [-0.25, -0.2) is 0 Å². The van der Waals surface area contributed by atoms with Gasteiger partial charge in [0.25, 0.3) is 5.56 Å². The Morgan fingerprint density at radius 3 is 2.52 bits per heavy atom. The van der Waals surface area contributed by atoms with Crippen LogP contribution in [0.5, 0.6) is 5.75 Å². The predicted octanol–water partition coefficient (Wildman–Crippen LogP) is 4.98. The smallest absolute Gasteiger partial charge is 0.256 e. The maximum absolute atomic E-state index is 13.4. The van der Waals surface area contributed by atoms with Crippen molar-refractivity contribution >= 4 is 39.9 Å². The van der Waals surface area contributed by atoms with Crippen LogP contribution < -0.4 is 20.9 Å². The van der Waals surface area contributed by atoms with Gasteiger partial charge in [-0.3, -0.25) is 14.2 Å². The Kier molecular flexibility index (Phi) is 7.00. The third-order valence-corrected chi connectivity index (χ3v) is 6.02. The van der Waals surface area contributed by atoms with Gasteiger partial charge in [0, 0.05) is 34.4 Å². The van der Waals surface area contributed by atoms with Gasteiger partial charge in [0.05, 0.1) is 12.6 Å². The van der Waals surface area contributed by atoms with E-state index in [2.05, 4.69) is 10.6 Å². The molecule has 6 nitrogen and oxygen atoms in total. The van der Waals surface area contributed by atoms with E-state index in [0.717, 1.165) is 16.0 Å². The van der Waals surface area contributed by atoms with Crippen molar-refractivity contribution in [2.24, 2.45) is 0 Å². The summed E-state index contributed by atoms with van der Waals surface area (Å²) in [6.07, 6.45) is 1.98. The number of para-hydroxylation sites is 1. The van der Waals surface area contributed by atoms with Gasteiger partial charge in [-0.2, -0.15) is 0 Å². The van der Waals surface area contributed by atoms with Gasteiger partial charge >= 0.3 is 0 Å². The Morgan fingerprint density at radius 1 is 0.970 bits per heavy atom. The average Bonchev–Trinajstić information content (AvgIpc) is 2.85. The van der Waals surface area contributed by atoms with E-state index in [9.17, 15) is 9.59 Å². The van der Waals surface area contributed by atoms with Crippen LogP contribution in [0.25, 0.3) is 10.9 Å². The summed E-state index contributed by atoms with van der Waals surface area (Å²) in [5, 5.41) is 7.04. The van der Waals surface area contributed by atoms with Crippen molar-refractivity contribution < 1.29 is 9.53 Å². The number of carbonyl (C=O) groups excluding carboxylic acids is 1. The minimum Gasteiger partial charge on any atom is -0.497 e. The fraction of sp³-hybridized carbons (Fsp3) is 0.154. The maximum Gasteiger partial charge on any atom is 0.256 e. The van der Waals surface area contributed by atoms with Crippen LogP contribution in [0.2, 0.25) is 0 Å². The first-order chi connectivity index (χ1) is 16.1. The van der Waals surface area contributed by atoms with E-state index in [1.807, 2.05) is 79.1 Å². The average molecular weight is 460 g/mol. The number of methoxy groups -OCH3 is 1. The zero-order chi connectivity index (χ0) is 23.2. The molecule has 33 heavy (non-hydrogen) atoms. The summed E-state index contributed by atoms with van der Waals surface area (Å²) in [6.45, 7) is 0.243. The molecule has 4 aromatic rings. The van der Waals surface area contributed by atoms with Crippen molar-refractivity contribution in [2.75, 3.05) is 24.0 Å². The van der Waals surface area contributed by atoms with Gasteiger partial charge in [-0.1, -0.05) is 24.3 Å². The number of benzene rings is 3. The highest BCUT2D eigenvalue weighted by Crippen LogP contribution is 2.22. The number of rotatable bonds is 8. The number of anilines is 2. The van der Waals surface area contributed by atoms with Crippen molar-refractivity contribution in [3.05, 3.63) is 94.8 Å². The second-order valence-corrected chi connectivity index (χ2v) is 8.36. The first kappa shape index (κ1) is 22.5. The van der Waals surface area contributed by atoms with E-state index >= 15 is 0 Å². The number of fused-ring (bicyclic) bond motifs is 1. The highest BCUT2D eigenvalue weighted by atomic mass is 32.2. The fourth-order valence-electron chi connectivity index (χ4n) is 3.62. The molecule has 0 bridgehead atoms. The monoisotopic (exact) mass is 459 g/mol. The van der Waals surface area contributed by atoms with Crippen LogP contribution in [0.1, 0.15) is 5.56 Å². The van der Waals surface area contributed by atoms with Crippen molar-refractivity contribution in [3.8, 4) is 5.75 Å². The fourth-order valence-corrected chi connectivity index (χ4v) is 4.08. The van der Waals surface area contributed by atoms with E-state index in [1.54, 1.807) is 24.9 Å². The van der Waals surface area contributed by atoms with E-state index in [0.29, 0.717) is 29.1 Å². The second-order valence-electron chi connectivity index (χ2n) is 7.49. The Morgan fingerprint density at radius 2 is 1.76 bits per heavy atom. The number of amides is 1. The molecule has 0 radical (unpaired) electrons. The quantitative estimate of drug-likeness (QED) is 0.364. The van der Waals surface area contributed by atoms with E-state index < -0.39 is 0 Å². The summed E-state index contributed by atoms with van der Waals surface area (Å²) >= 11 is 1.60. The first-order valence-electron chi connectivity index (χ1n) is 10.5. The molecule has 0 atom stereocenters. The summed E-state index contributed by atoms with van der Waals surface area (Å²) < 4.78 is 6.86. The molecule has 1 heterocycles. The molecule has 0 unspecified atom stereocenters. The Balaban J connectivity index is 1.67. The topological polar surface area (TPSA) is 72.4 Å². The van der Waals surface area contributed by atoms with Gasteiger partial charge in [0.15, 0.2) is 0 Å². The van der Waals surface area contributed by atoms with Gasteiger partial charge in [0.2, 0.25) is 5.91 Å². The molecule has 1 amide bonds. The number of carbonyl (C=O) groups is 1. The highest BCUT2D eigenvalue weighted by molar-refractivity contribution is 7.98. The van der Waals surface area contributed by atoms with Crippen molar-refractivity contribution in [1.29, 1.82) is 0 Å². The summed E-state index contributed by atoms with van der Waals surface area (Å²) in [4.78, 5) is 27.3. The lowest BCUT2D eigenvalue weighted by molar-refractivity contribution is -0.116. The highest BCUT2D eigenvalue weighted by Gasteiger charge is 2.14. The molecule has 0 aliphatic carbocycles. The van der Waals surface area contributed by atoms with E-state index in [4.69, 9.17) is 4.74 Å². The third-order valence-electron chi connectivity index (χ3n) is 5.29. The molecule has 168 valence electrons. The number of aromatic nitrogens is 1. The lowest BCUT2D eigenvalue weighted by atomic mass is 10.1. The van der Waals surface area contributed by atoms with Gasteiger partial charge in [-0.05, 0) is 60.2 Å². The van der Waals surface area contributed by atoms with Gasteiger partial charge in [0.1, 0.15) is 12.3 Å². The standard InChI is InChI=1S/C26H25N3O3S/c1-32-22-12-11-18-13-19(16-27-20-7-4-3-5-8-20)26(31)29(24(18)15-22)17-25(30)28-21-9-6-10-23(14-21)33-2/h3-15,27H,16-17H2,1-2H3,(H,28,30). The molecule has 0 saturated carbocycles. The summed E-state index contributed by atoms with van der Waals surface area (Å²) in [6, 6.07) is 24.7. The predicted molar refractivity (Wildman–Crippen MR) is 135 cm³/mol. The molecular weight excluding hydrogens is 434 g/mol. The number of nitrogens with zero attached hydrogens (tertiary/aromatic N) is 1. The number of nitrogens with one attached hydrogen (secondary N) is 2. The molecule has 0 aliphatic heterocycles. The molecule has 1 aromatic heterocycles. The molecule has 2 N–H and O–H groups in total. The largest absolute Gasteiger partial charge is 0.497 e. The molecule has 0 aliphatic rings. The third kappa shape index (κ3) is 5.38. The SMILES string of the molecule is COc1ccc2cc(CNc3ccccc3)c(=O)n(CC(=O)Nc3cccc(SC)c3)c2c1. The van der Waals surface area contributed by atoms with Gasteiger partial charge in [-0.15, -0.1) is 11.8 Å². The van der Waals surface area contributed by atoms with E-state index in [-0.39, 0.29) is 18.0 Å². The van der Waals surface area contributed by atoms with E-state index in [1.165, 1.54) is 4.57 Å². The van der Waals surface area contributed by atoms with Crippen molar-refractivity contribution in [3.63, 3.8) is 0 Å². The second kappa shape index (κ2) is 10.3. The molecule has 0 saturated heterocycles. The summed E-state index contributed by atoms with van der Waals surface area (Å²) in [5.41, 5.74) is 2.63. The number of ether oxygens (including phenoxy) is 1. The minimum absolute atomic E-state index is 0.106. The van der Waals surface area contributed by atoms with Crippen LogP contribution >= 0.6 is 11.8 Å². The van der Waals surface area contributed by atoms with Crippen molar-refractivity contribution in [1.82, 2.24) is 4.57 Å². The zero-order valence-corrected chi connectivity index (χ0v) is 19.3. The van der Waals surface area contributed by atoms with Crippen LogP contribution in [-0.2, 0) is 17.9 Å². The summed E-state index contributed by atoms with van der Waals surface area (Å²) in [7, 11) is 1.58. The Hall–Kier alpha value is -3.71. The normalized spacial score (nSPS) is 10.7. The number of thioether (sulfide) groups is 1. The Bertz CT molecular complexity index is 1340. The minimum atomic E-state index is -0.271. The zero-order valence-electron chi connectivity index (χ0n) is 18.5. The molecule has 3 aromatic carbocycles. The van der Waals surface area contributed by atoms with Crippen molar-refractivity contribution in [2.45, 2.75) is 18.0 Å². The summed E-state index contributed by atoms with van der Waals surface area (Å²) in [5.74, 6) is 0.353. The Labute approximate surface area is 196 Å². The molecular formula is C26H25N3O3S. The van der Waals surface area contributed by atoms with Crippen LogP contribution in [0.15, 0.2) is 88.6 Å². The lowest BCUT2D eigenvalue weighted by Gasteiger charge is -2.15. The molecule has 0 fully saturated rings. The lowest BCUT2D eigenvalue weighted by Crippen LogP contribution is -2.30. The number of pyridine rings is 1. The maximum atomic E-state index is 13.4. The first-order valence-corrected chi connectivity index (χ1v) is 11.7. The van der Waals surface area contributed by atoms with Crippen LogP contribution in [-0.4, -0.2) is 23.8 Å². The van der Waals surface area contributed by atoms with Crippen LogP contribution in [0.4, 0.5) is 11.4 Å². The molecule has 0 spiro atoms. The molecule has 7 heteroatoms. The number of hydrogen-bond acceptors (Lipinski definition) is 5. The van der Waals surface area contributed by atoms with Crippen LogP contribution in [0, 0.1) is 0 Å². The molecule has 4 rings (SSSR count). The number of hydrogen-bond donors (Lipinski definition) is 2. The van der Waals surface area contributed by atoms with Crippen LogP contribution in [0.3, 0.4) is 0 Å². The van der Waals surface area contributed by atoms with Gasteiger partial charge < -0.3 is 15.4 Å².